The normalized spacial score (nSPS) is 10.8. The monoisotopic (exact) mass is 340 g/mol. The van der Waals surface area contributed by atoms with Crippen LogP contribution in [0, 0.1) is 6.92 Å². The average Bonchev–Trinajstić information content (AvgIpc) is 2.91. The Labute approximate surface area is 145 Å². The molecule has 1 amide bonds. The van der Waals surface area contributed by atoms with E-state index >= 15 is 0 Å². The molecule has 0 atom stereocenters. The number of hydrogen-bond acceptors (Lipinski definition) is 2. The Balaban J connectivity index is 1.92. The lowest BCUT2D eigenvalue weighted by Gasteiger charge is -2.05. The second-order valence-corrected chi connectivity index (χ2v) is 6.20. The first-order chi connectivity index (χ1) is 11.5. The van der Waals surface area contributed by atoms with E-state index in [4.69, 9.17) is 11.6 Å². The minimum Gasteiger partial charge on any atom is -0.348 e. The van der Waals surface area contributed by atoms with Gasteiger partial charge in [-0.05, 0) is 30.7 Å². The molecule has 1 N–H and O–H groups in total. The van der Waals surface area contributed by atoms with Crippen LogP contribution < -0.4 is 5.32 Å². The fraction of sp³-hybridized carbons (Fsp3) is 0.158. The Hall–Kier alpha value is -2.59. The van der Waals surface area contributed by atoms with E-state index < -0.39 is 0 Å². The molecule has 0 unspecified atom stereocenters. The number of nitrogens with one attached hydrogen (secondary N) is 1. The molecule has 122 valence electrons. The van der Waals surface area contributed by atoms with Gasteiger partial charge in [0.2, 0.25) is 5.91 Å². The standard InChI is InChI=1S/C19H17ClN2O2/c1-12-4-3-5-14(8-12)10-21-19(24)17-11-22(13(2)23)18-7-6-15(20)9-16(17)18/h3-9,11H,10H2,1-2H3,(H,21,24). The van der Waals surface area contributed by atoms with Crippen molar-refractivity contribution in [1.82, 2.24) is 9.88 Å². The van der Waals surface area contributed by atoms with Crippen molar-refractivity contribution in [3.63, 3.8) is 0 Å². The third kappa shape index (κ3) is 3.19. The first-order valence-electron chi connectivity index (χ1n) is 7.61. The summed E-state index contributed by atoms with van der Waals surface area (Å²) in [6, 6.07) is 13.1. The lowest BCUT2D eigenvalue weighted by Crippen LogP contribution is -2.22. The summed E-state index contributed by atoms with van der Waals surface area (Å²) in [5.41, 5.74) is 3.28. The van der Waals surface area contributed by atoms with Crippen LogP contribution in [-0.2, 0) is 6.54 Å². The van der Waals surface area contributed by atoms with Crippen LogP contribution in [0.1, 0.15) is 33.2 Å². The highest BCUT2D eigenvalue weighted by Crippen LogP contribution is 2.25. The number of fused-ring (bicyclic) bond motifs is 1. The SMILES string of the molecule is CC(=O)n1cc(C(=O)NCc2cccc(C)c2)c2cc(Cl)ccc21. The summed E-state index contributed by atoms with van der Waals surface area (Å²) in [5, 5.41) is 4.09. The minimum atomic E-state index is -0.233. The first kappa shape index (κ1) is 16.3. The molecule has 0 spiro atoms. The van der Waals surface area contributed by atoms with Gasteiger partial charge < -0.3 is 5.32 Å². The molecule has 0 saturated heterocycles. The van der Waals surface area contributed by atoms with Gasteiger partial charge in [-0.25, -0.2) is 0 Å². The smallest absolute Gasteiger partial charge is 0.253 e. The number of carbonyl (C=O) groups is 2. The highest BCUT2D eigenvalue weighted by Gasteiger charge is 2.17. The topological polar surface area (TPSA) is 51.1 Å². The van der Waals surface area contributed by atoms with Crippen LogP contribution in [0.15, 0.2) is 48.7 Å². The van der Waals surface area contributed by atoms with Crippen molar-refractivity contribution < 1.29 is 9.59 Å². The lowest BCUT2D eigenvalue weighted by atomic mass is 10.1. The molecule has 0 aliphatic heterocycles. The van der Waals surface area contributed by atoms with Crippen LogP contribution in [-0.4, -0.2) is 16.4 Å². The maximum absolute atomic E-state index is 12.6. The van der Waals surface area contributed by atoms with E-state index in [0.29, 0.717) is 28.0 Å². The molecular formula is C19H17ClN2O2. The maximum atomic E-state index is 12.6. The fourth-order valence-corrected chi connectivity index (χ4v) is 2.92. The quantitative estimate of drug-likeness (QED) is 0.777. The minimum absolute atomic E-state index is 0.153. The van der Waals surface area contributed by atoms with Crippen LogP contribution in [0.25, 0.3) is 10.9 Å². The molecule has 2 aromatic carbocycles. The van der Waals surface area contributed by atoms with Crippen molar-refractivity contribution in [1.29, 1.82) is 0 Å². The van der Waals surface area contributed by atoms with Crippen molar-refractivity contribution in [2.75, 3.05) is 0 Å². The van der Waals surface area contributed by atoms with Crippen molar-refractivity contribution in [3.05, 3.63) is 70.4 Å². The molecule has 5 heteroatoms. The van der Waals surface area contributed by atoms with Gasteiger partial charge in [0, 0.05) is 30.1 Å². The lowest BCUT2D eigenvalue weighted by molar-refractivity contribution is 0.0941. The number of halogens is 1. The summed E-state index contributed by atoms with van der Waals surface area (Å²) in [5.74, 6) is -0.385. The van der Waals surface area contributed by atoms with Gasteiger partial charge in [-0.3, -0.25) is 14.2 Å². The van der Waals surface area contributed by atoms with Gasteiger partial charge in [0.1, 0.15) is 0 Å². The predicted molar refractivity (Wildman–Crippen MR) is 95.6 cm³/mol. The Kier molecular flexibility index (Phi) is 4.40. The van der Waals surface area contributed by atoms with Gasteiger partial charge in [-0.1, -0.05) is 41.4 Å². The van der Waals surface area contributed by atoms with Gasteiger partial charge in [-0.2, -0.15) is 0 Å². The molecule has 24 heavy (non-hydrogen) atoms. The van der Waals surface area contributed by atoms with Crippen molar-refractivity contribution in [3.8, 4) is 0 Å². The van der Waals surface area contributed by atoms with E-state index in [1.807, 2.05) is 31.2 Å². The van der Waals surface area contributed by atoms with Crippen molar-refractivity contribution in [2.45, 2.75) is 20.4 Å². The number of nitrogens with zero attached hydrogens (tertiary/aromatic N) is 1. The zero-order chi connectivity index (χ0) is 17.3. The molecule has 0 aliphatic rings. The number of aromatic nitrogens is 1. The van der Waals surface area contributed by atoms with E-state index in [1.165, 1.54) is 11.5 Å². The summed E-state index contributed by atoms with van der Waals surface area (Å²) in [6.45, 7) is 3.89. The van der Waals surface area contributed by atoms with Crippen LogP contribution in [0.4, 0.5) is 0 Å². The zero-order valence-electron chi connectivity index (χ0n) is 13.5. The number of amides is 1. The molecule has 3 aromatic rings. The Bertz CT molecular complexity index is 944. The highest BCUT2D eigenvalue weighted by atomic mass is 35.5. The summed E-state index contributed by atoms with van der Waals surface area (Å²) in [7, 11) is 0. The molecule has 4 nitrogen and oxygen atoms in total. The molecule has 0 aliphatic carbocycles. The third-order valence-electron chi connectivity index (χ3n) is 3.89. The molecule has 0 fully saturated rings. The molecular weight excluding hydrogens is 324 g/mol. The Morgan fingerprint density at radius 3 is 2.67 bits per heavy atom. The number of aryl methyl sites for hydroxylation is 1. The van der Waals surface area contributed by atoms with Crippen LogP contribution in [0.5, 0.6) is 0 Å². The fourth-order valence-electron chi connectivity index (χ4n) is 2.74. The molecule has 1 heterocycles. The van der Waals surface area contributed by atoms with Gasteiger partial charge >= 0.3 is 0 Å². The van der Waals surface area contributed by atoms with Crippen LogP contribution >= 0.6 is 11.6 Å². The predicted octanol–water partition coefficient (Wildman–Crippen LogP) is 4.19. The van der Waals surface area contributed by atoms with Crippen LogP contribution in [0.2, 0.25) is 5.02 Å². The van der Waals surface area contributed by atoms with Crippen molar-refractivity contribution >= 4 is 34.3 Å². The molecule has 0 saturated carbocycles. The number of hydrogen-bond donors (Lipinski definition) is 1. The van der Waals surface area contributed by atoms with E-state index in [-0.39, 0.29) is 11.8 Å². The highest BCUT2D eigenvalue weighted by molar-refractivity contribution is 6.31. The first-order valence-corrected chi connectivity index (χ1v) is 7.99. The number of carbonyl (C=O) groups excluding carboxylic acids is 2. The van der Waals surface area contributed by atoms with E-state index in [9.17, 15) is 9.59 Å². The van der Waals surface area contributed by atoms with E-state index in [2.05, 4.69) is 5.32 Å². The molecule has 0 bridgehead atoms. The third-order valence-corrected chi connectivity index (χ3v) is 4.12. The summed E-state index contributed by atoms with van der Waals surface area (Å²) < 4.78 is 1.47. The van der Waals surface area contributed by atoms with Gasteiger partial charge in [0.25, 0.3) is 5.91 Å². The molecule has 3 rings (SSSR count). The second-order valence-electron chi connectivity index (χ2n) is 5.76. The Morgan fingerprint density at radius 1 is 1.17 bits per heavy atom. The number of benzene rings is 2. The Morgan fingerprint density at radius 2 is 1.96 bits per heavy atom. The largest absolute Gasteiger partial charge is 0.348 e. The molecule has 1 aromatic heterocycles. The van der Waals surface area contributed by atoms with Crippen LogP contribution in [0.3, 0.4) is 0 Å². The maximum Gasteiger partial charge on any atom is 0.253 e. The van der Waals surface area contributed by atoms with E-state index in [0.717, 1.165) is 11.1 Å². The summed E-state index contributed by atoms with van der Waals surface area (Å²) in [4.78, 5) is 24.4. The number of rotatable bonds is 3. The molecule has 0 radical (unpaired) electrons. The second kappa shape index (κ2) is 6.49. The van der Waals surface area contributed by atoms with Gasteiger partial charge in [0.05, 0.1) is 11.1 Å². The summed E-state index contributed by atoms with van der Waals surface area (Å²) in [6.07, 6.45) is 1.56. The van der Waals surface area contributed by atoms with E-state index in [1.54, 1.807) is 24.4 Å². The van der Waals surface area contributed by atoms with Crippen molar-refractivity contribution in [2.24, 2.45) is 0 Å². The van der Waals surface area contributed by atoms with Gasteiger partial charge in [-0.15, -0.1) is 0 Å². The zero-order valence-corrected chi connectivity index (χ0v) is 14.2. The summed E-state index contributed by atoms with van der Waals surface area (Å²) >= 11 is 6.05. The average molecular weight is 341 g/mol. The van der Waals surface area contributed by atoms with Gasteiger partial charge in [0.15, 0.2) is 0 Å².